The molecule has 0 spiro atoms. The van der Waals surface area contributed by atoms with Gasteiger partial charge in [-0.3, -0.25) is 9.59 Å². The van der Waals surface area contributed by atoms with E-state index in [9.17, 15) is 19.1 Å². The molecule has 2 aromatic heterocycles. The summed E-state index contributed by atoms with van der Waals surface area (Å²) in [5.41, 5.74) is 2.12. The lowest BCUT2D eigenvalue weighted by Gasteiger charge is -2.16. The molecule has 1 aliphatic heterocycles. The molecule has 7 nitrogen and oxygen atoms in total. The van der Waals surface area contributed by atoms with Gasteiger partial charge in [0.1, 0.15) is 11.4 Å². The van der Waals surface area contributed by atoms with Crippen molar-refractivity contribution >= 4 is 28.8 Å². The first-order valence-electron chi connectivity index (χ1n) is 11.5. The van der Waals surface area contributed by atoms with Gasteiger partial charge in [0.15, 0.2) is 12.4 Å². The number of anilines is 1. The minimum absolute atomic E-state index is 0.0317. The predicted octanol–water partition coefficient (Wildman–Crippen LogP) is 3.75. The van der Waals surface area contributed by atoms with Crippen molar-refractivity contribution in [3.63, 3.8) is 0 Å². The maximum Gasteiger partial charge on any atom is 0.331 e. The Bertz CT molecular complexity index is 1520. The van der Waals surface area contributed by atoms with Gasteiger partial charge in [-0.05, 0) is 61.2 Å². The molecule has 0 saturated heterocycles. The Morgan fingerprint density at radius 3 is 2.25 bits per heavy atom. The number of hydrogen-bond acceptors (Lipinski definition) is 4. The van der Waals surface area contributed by atoms with Crippen LogP contribution >= 0.6 is 0 Å². The van der Waals surface area contributed by atoms with E-state index in [1.165, 1.54) is 28.9 Å². The number of carbonyl (C=O) groups is 2. The second-order valence-electron chi connectivity index (χ2n) is 8.90. The molecule has 2 aromatic carbocycles. The highest BCUT2D eigenvalue weighted by molar-refractivity contribution is 6.53. The summed E-state index contributed by atoms with van der Waals surface area (Å²) in [6.45, 7) is 5.61. The van der Waals surface area contributed by atoms with Crippen molar-refractivity contribution in [3.05, 3.63) is 102 Å². The van der Waals surface area contributed by atoms with E-state index in [0.717, 1.165) is 10.5 Å². The SMILES string of the molecule is Cc1ccc[n+](C2=C(c3c(C(C)C)nn(-c4ccccc4)c3[O-])C(=O)N(c3ccc(F)cc3)C2=O)c1. The first-order chi connectivity index (χ1) is 17.3. The number of pyridine rings is 1. The molecule has 4 aromatic rings. The summed E-state index contributed by atoms with van der Waals surface area (Å²) < 4.78 is 16.4. The molecule has 0 unspecified atom stereocenters. The zero-order valence-electron chi connectivity index (χ0n) is 20.0. The fraction of sp³-hybridized carbons (Fsp3) is 0.143. The molecule has 3 heterocycles. The normalized spacial score (nSPS) is 13.9. The van der Waals surface area contributed by atoms with Gasteiger partial charge in [-0.15, -0.1) is 0 Å². The van der Waals surface area contributed by atoms with Gasteiger partial charge in [-0.25, -0.2) is 14.0 Å². The lowest BCUT2D eigenvalue weighted by Crippen LogP contribution is -2.39. The molecule has 0 saturated carbocycles. The van der Waals surface area contributed by atoms with E-state index >= 15 is 0 Å². The van der Waals surface area contributed by atoms with Gasteiger partial charge < -0.3 is 5.11 Å². The van der Waals surface area contributed by atoms with Crippen molar-refractivity contribution in [2.45, 2.75) is 26.7 Å². The summed E-state index contributed by atoms with van der Waals surface area (Å²) in [6, 6.07) is 17.6. The Balaban J connectivity index is 1.80. The molecular weight excluding hydrogens is 459 g/mol. The second kappa shape index (κ2) is 8.88. The van der Waals surface area contributed by atoms with Gasteiger partial charge in [0, 0.05) is 17.2 Å². The largest absolute Gasteiger partial charge is 0.858 e. The van der Waals surface area contributed by atoms with Crippen LogP contribution in [0.3, 0.4) is 0 Å². The Hall–Kier alpha value is -4.59. The van der Waals surface area contributed by atoms with Gasteiger partial charge in [0.2, 0.25) is 0 Å². The number of benzene rings is 2. The summed E-state index contributed by atoms with van der Waals surface area (Å²) in [7, 11) is 0. The molecular formula is C28H23FN4O3. The number of aryl methyl sites for hydroxylation is 1. The summed E-state index contributed by atoms with van der Waals surface area (Å²) >= 11 is 0. The van der Waals surface area contributed by atoms with Crippen molar-refractivity contribution in [2.24, 2.45) is 0 Å². The van der Waals surface area contributed by atoms with E-state index < -0.39 is 23.5 Å². The Morgan fingerprint density at radius 1 is 0.917 bits per heavy atom. The van der Waals surface area contributed by atoms with Crippen molar-refractivity contribution in [3.8, 4) is 11.6 Å². The van der Waals surface area contributed by atoms with Crippen LogP contribution in [0.5, 0.6) is 5.88 Å². The Labute approximate surface area is 207 Å². The number of carbonyl (C=O) groups excluding carboxylic acids is 2. The van der Waals surface area contributed by atoms with Crippen LogP contribution in [0.2, 0.25) is 0 Å². The van der Waals surface area contributed by atoms with Crippen molar-refractivity contribution in [1.82, 2.24) is 9.78 Å². The molecule has 0 atom stereocenters. The van der Waals surface area contributed by atoms with E-state index in [1.54, 1.807) is 47.3 Å². The third kappa shape index (κ3) is 3.76. The van der Waals surface area contributed by atoms with Crippen LogP contribution in [0, 0.1) is 12.7 Å². The lowest BCUT2D eigenvalue weighted by atomic mass is 9.98. The third-order valence-corrected chi connectivity index (χ3v) is 6.02. The van der Waals surface area contributed by atoms with Crippen LogP contribution in [-0.2, 0) is 9.59 Å². The smallest absolute Gasteiger partial charge is 0.331 e. The summed E-state index contributed by atoms with van der Waals surface area (Å²) in [4.78, 5) is 28.7. The quantitative estimate of drug-likeness (QED) is 0.321. The molecule has 0 fully saturated rings. The number of imide groups is 1. The fourth-order valence-corrected chi connectivity index (χ4v) is 4.34. The molecule has 0 aliphatic carbocycles. The number of hydrogen-bond donors (Lipinski definition) is 0. The number of para-hydroxylation sites is 1. The molecule has 0 bridgehead atoms. The van der Waals surface area contributed by atoms with Gasteiger partial charge in [-0.2, -0.15) is 9.67 Å². The van der Waals surface area contributed by atoms with Crippen LogP contribution in [0.15, 0.2) is 79.1 Å². The molecule has 8 heteroatoms. The topological polar surface area (TPSA) is 82.1 Å². The van der Waals surface area contributed by atoms with Crippen LogP contribution in [-0.4, -0.2) is 21.6 Å². The van der Waals surface area contributed by atoms with Crippen molar-refractivity contribution in [1.29, 1.82) is 0 Å². The fourth-order valence-electron chi connectivity index (χ4n) is 4.34. The van der Waals surface area contributed by atoms with Gasteiger partial charge >= 0.3 is 5.91 Å². The minimum atomic E-state index is -0.665. The summed E-state index contributed by atoms with van der Waals surface area (Å²) in [6.07, 6.45) is 3.37. The monoisotopic (exact) mass is 482 g/mol. The maximum absolute atomic E-state index is 13.9. The zero-order valence-corrected chi connectivity index (χ0v) is 20.0. The Morgan fingerprint density at radius 2 is 1.61 bits per heavy atom. The van der Waals surface area contributed by atoms with Crippen LogP contribution in [0.4, 0.5) is 10.1 Å². The number of amides is 2. The standard InChI is InChI=1S/C28H23FN4O3/c1-17(2)24-22(27(35)33(30-24)21-9-5-4-6-10-21)23-25(31-15-7-8-18(3)16-31)28(36)32(26(23)34)20-13-11-19(29)12-14-20/h4-17H,1-3H3. The van der Waals surface area contributed by atoms with Crippen molar-refractivity contribution in [2.75, 3.05) is 4.90 Å². The molecule has 0 radical (unpaired) electrons. The van der Waals surface area contributed by atoms with Gasteiger partial charge in [0.25, 0.3) is 11.6 Å². The molecule has 36 heavy (non-hydrogen) atoms. The van der Waals surface area contributed by atoms with Gasteiger partial charge in [0.05, 0.1) is 17.1 Å². The minimum Gasteiger partial charge on any atom is -0.858 e. The molecule has 1 aliphatic rings. The lowest BCUT2D eigenvalue weighted by molar-refractivity contribution is -0.577. The summed E-state index contributed by atoms with van der Waals surface area (Å²) in [5.74, 6) is -2.47. The van der Waals surface area contributed by atoms with E-state index in [4.69, 9.17) is 0 Å². The molecule has 2 amide bonds. The highest BCUT2D eigenvalue weighted by Crippen LogP contribution is 2.40. The van der Waals surface area contributed by atoms with E-state index in [1.807, 2.05) is 32.9 Å². The predicted molar refractivity (Wildman–Crippen MR) is 130 cm³/mol. The maximum atomic E-state index is 13.9. The van der Waals surface area contributed by atoms with Crippen LogP contribution in [0.25, 0.3) is 17.0 Å². The van der Waals surface area contributed by atoms with E-state index in [-0.39, 0.29) is 28.4 Å². The second-order valence-corrected chi connectivity index (χ2v) is 8.90. The van der Waals surface area contributed by atoms with E-state index in [2.05, 4.69) is 5.10 Å². The zero-order chi connectivity index (χ0) is 25.6. The molecule has 5 rings (SSSR count). The average Bonchev–Trinajstić information content (AvgIpc) is 3.33. The molecule has 0 N–H and O–H groups in total. The van der Waals surface area contributed by atoms with E-state index in [0.29, 0.717) is 11.4 Å². The van der Waals surface area contributed by atoms with Crippen LogP contribution < -0.4 is 14.6 Å². The first-order valence-corrected chi connectivity index (χ1v) is 11.5. The molecule has 180 valence electrons. The number of rotatable bonds is 5. The first kappa shape index (κ1) is 23.2. The number of aromatic nitrogens is 3. The van der Waals surface area contributed by atoms with Crippen molar-refractivity contribution < 1.29 is 23.7 Å². The van der Waals surface area contributed by atoms with Gasteiger partial charge in [-0.1, -0.05) is 32.0 Å². The third-order valence-electron chi connectivity index (χ3n) is 6.02. The highest BCUT2D eigenvalue weighted by atomic mass is 19.1. The Kier molecular flexibility index (Phi) is 5.72. The average molecular weight is 483 g/mol. The summed E-state index contributed by atoms with van der Waals surface area (Å²) in [5, 5.41) is 18.4. The van der Waals surface area contributed by atoms with Crippen LogP contribution in [0.1, 0.15) is 36.6 Å². The number of halogens is 1. The highest BCUT2D eigenvalue weighted by Gasteiger charge is 2.47. The number of nitrogens with zero attached hydrogens (tertiary/aromatic N) is 4.